The van der Waals surface area contributed by atoms with Crippen LogP contribution in [-0.2, 0) is 16.0 Å². The van der Waals surface area contributed by atoms with Crippen LogP contribution in [0.1, 0.15) is 46.1 Å². The van der Waals surface area contributed by atoms with Gasteiger partial charge >= 0.3 is 6.03 Å². The highest BCUT2D eigenvalue weighted by atomic mass is 16.5. The number of carbonyl (C=O) groups excluding carboxylic acids is 3. The van der Waals surface area contributed by atoms with Gasteiger partial charge in [0.25, 0.3) is 11.8 Å². The number of H-pyrrole nitrogens is 1. The monoisotopic (exact) mass is 550 g/mol. The normalized spacial score (nSPS) is 21.7. The first-order valence-corrected chi connectivity index (χ1v) is 13.9. The third kappa shape index (κ3) is 4.24. The summed E-state index contributed by atoms with van der Waals surface area (Å²) in [5, 5.41) is 3.96. The number of amides is 4. The molecule has 208 valence electrons. The standard InChI is InChI=1S/C32H30N4O5/c1-40-22-7-4-6-20(16-22)29-28-25(24-9-2-3-10-26(24)34-28)17-27-31(38)35(32(39)36(27)29)21-13-11-19(12-14-21)30(37)33-18-23-8-5-15-41-23/h2-4,6-7,9-14,16,23,27,29,34H,5,8,15,17-18H2,1H3,(H,33,37). The number of fused-ring (bicyclic) bond motifs is 4. The van der Waals surface area contributed by atoms with Gasteiger partial charge in [-0.2, -0.15) is 0 Å². The summed E-state index contributed by atoms with van der Waals surface area (Å²) in [7, 11) is 1.61. The van der Waals surface area contributed by atoms with E-state index in [-0.39, 0.29) is 17.9 Å². The fourth-order valence-electron chi connectivity index (χ4n) is 6.35. The predicted octanol–water partition coefficient (Wildman–Crippen LogP) is 4.57. The minimum absolute atomic E-state index is 0.0460. The Bertz CT molecular complexity index is 1660. The molecule has 9 heteroatoms. The first-order valence-electron chi connectivity index (χ1n) is 13.9. The largest absolute Gasteiger partial charge is 0.497 e. The van der Waals surface area contributed by atoms with Crippen LogP contribution >= 0.6 is 0 Å². The van der Waals surface area contributed by atoms with Crippen molar-refractivity contribution in [2.45, 2.75) is 37.5 Å². The first-order chi connectivity index (χ1) is 20.0. The lowest BCUT2D eigenvalue weighted by Crippen LogP contribution is -2.44. The molecular formula is C32H30N4O5. The van der Waals surface area contributed by atoms with Crippen molar-refractivity contribution in [1.29, 1.82) is 0 Å². The molecule has 4 heterocycles. The number of aromatic nitrogens is 1. The van der Waals surface area contributed by atoms with Crippen molar-refractivity contribution >= 4 is 34.4 Å². The summed E-state index contributed by atoms with van der Waals surface area (Å²) in [6.07, 6.45) is 2.39. The minimum atomic E-state index is -0.667. The van der Waals surface area contributed by atoms with Gasteiger partial charge in [0.15, 0.2) is 0 Å². The summed E-state index contributed by atoms with van der Waals surface area (Å²) in [6.45, 7) is 1.19. The number of anilines is 1. The Morgan fingerprint density at radius 2 is 1.90 bits per heavy atom. The van der Waals surface area contributed by atoms with Crippen molar-refractivity contribution in [3.63, 3.8) is 0 Å². The number of carbonyl (C=O) groups is 3. The van der Waals surface area contributed by atoms with E-state index in [2.05, 4.69) is 10.3 Å². The van der Waals surface area contributed by atoms with Crippen molar-refractivity contribution in [3.05, 3.63) is 95.2 Å². The summed E-state index contributed by atoms with van der Waals surface area (Å²) in [6, 6.07) is 20.7. The van der Waals surface area contributed by atoms with Gasteiger partial charge in [0.05, 0.1) is 18.9 Å². The first kappa shape index (κ1) is 25.3. The lowest BCUT2D eigenvalue weighted by molar-refractivity contribution is -0.120. The van der Waals surface area contributed by atoms with Gasteiger partial charge in [0, 0.05) is 41.7 Å². The molecule has 7 rings (SSSR count). The topological polar surface area (TPSA) is 104 Å². The predicted molar refractivity (Wildman–Crippen MR) is 153 cm³/mol. The highest BCUT2D eigenvalue weighted by Crippen LogP contribution is 2.45. The van der Waals surface area contributed by atoms with Crippen LogP contribution < -0.4 is 15.0 Å². The molecule has 4 aromatic rings. The molecule has 0 aliphatic carbocycles. The van der Waals surface area contributed by atoms with Gasteiger partial charge in [0.1, 0.15) is 17.8 Å². The quantitative estimate of drug-likeness (QED) is 0.343. The molecule has 2 fully saturated rings. The Hall–Kier alpha value is -4.63. The van der Waals surface area contributed by atoms with E-state index in [1.165, 1.54) is 4.90 Å². The van der Waals surface area contributed by atoms with Gasteiger partial charge in [-0.3, -0.25) is 14.5 Å². The Balaban J connectivity index is 1.22. The highest BCUT2D eigenvalue weighted by Gasteiger charge is 2.53. The molecule has 0 radical (unpaired) electrons. The average molecular weight is 551 g/mol. The molecule has 1 aromatic heterocycles. The summed E-state index contributed by atoms with van der Waals surface area (Å²) >= 11 is 0. The van der Waals surface area contributed by atoms with Crippen molar-refractivity contribution in [2.75, 3.05) is 25.2 Å². The second-order valence-corrected chi connectivity index (χ2v) is 10.7. The second-order valence-electron chi connectivity index (χ2n) is 10.7. The Morgan fingerprint density at radius 3 is 2.68 bits per heavy atom. The molecule has 0 spiro atoms. The smallest absolute Gasteiger partial charge is 0.332 e. The summed E-state index contributed by atoms with van der Waals surface area (Å²) < 4.78 is 11.1. The third-order valence-corrected chi connectivity index (χ3v) is 8.36. The van der Waals surface area contributed by atoms with E-state index in [1.54, 1.807) is 36.3 Å². The van der Waals surface area contributed by atoms with Crippen LogP contribution in [0.15, 0.2) is 72.8 Å². The van der Waals surface area contributed by atoms with Crippen LogP contribution in [0.2, 0.25) is 0 Å². The number of methoxy groups -OCH3 is 1. The van der Waals surface area contributed by atoms with Gasteiger partial charge in [0.2, 0.25) is 0 Å². The van der Waals surface area contributed by atoms with Crippen LogP contribution in [0.3, 0.4) is 0 Å². The molecule has 4 amide bonds. The number of ether oxygens (including phenoxy) is 2. The van der Waals surface area contributed by atoms with Crippen LogP contribution in [0, 0.1) is 0 Å². The zero-order chi connectivity index (χ0) is 28.1. The van der Waals surface area contributed by atoms with Crippen LogP contribution in [0.25, 0.3) is 10.9 Å². The van der Waals surface area contributed by atoms with Crippen molar-refractivity contribution in [3.8, 4) is 5.75 Å². The van der Waals surface area contributed by atoms with Gasteiger partial charge in [-0.25, -0.2) is 9.69 Å². The van der Waals surface area contributed by atoms with Crippen molar-refractivity contribution < 1.29 is 23.9 Å². The summed E-state index contributed by atoms with van der Waals surface area (Å²) in [5.74, 6) is 0.173. The molecule has 41 heavy (non-hydrogen) atoms. The van der Waals surface area contributed by atoms with Gasteiger partial charge in [-0.15, -0.1) is 0 Å². The van der Waals surface area contributed by atoms with Gasteiger partial charge < -0.3 is 19.8 Å². The average Bonchev–Trinajstić information content (AvgIpc) is 3.72. The number of para-hydroxylation sites is 1. The minimum Gasteiger partial charge on any atom is -0.497 e. The fraction of sp³-hybridized carbons (Fsp3) is 0.281. The molecule has 3 aliphatic heterocycles. The molecule has 2 N–H and O–H groups in total. The van der Waals surface area contributed by atoms with E-state index in [1.807, 2.05) is 48.5 Å². The number of imide groups is 1. The Kier molecular flexibility index (Phi) is 6.23. The Morgan fingerprint density at radius 1 is 1.07 bits per heavy atom. The zero-order valence-corrected chi connectivity index (χ0v) is 22.6. The molecule has 3 aliphatic rings. The lowest BCUT2D eigenvalue weighted by Gasteiger charge is -2.36. The van der Waals surface area contributed by atoms with Crippen LogP contribution in [-0.4, -0.2) is 60.1 Å². The molecule has 9 nitrogen and oxygen atoms in total. The third-order valence-electron chi connectivity index (χ3n) is 8.36. The van der Waals surface area contributed by atoms with Gasteiger partial charge in [-0.1, -0.05) is 30.3 Å². The van der Waals surface area contributed by atoms with E-state index < -0.39 is 18.1 Å². The SMILES string of the molecule is COc1cccc(C2c3[nH]c4ccccc4c3CC3C(=O)N(c4ccc(C(=O)NCC5CCCO5)cc4)C(=O)N32)c1. The lowest BCUT2D eigenvalue weighted by atomic mass is 9.89. The maximum Gasteiger partial charge on any atom is 0.332 e. The molecule has 0 bridgehead atoms. The molecular weight excluding hydrogens is 520 g/mol. The van der Waals surface area contributed by atoms with E-state index in [0.29, 0.717) is 30.0 Å². The van der Waals surface area contributed by atoms with Crippen molar-refractivity contribution in [2.24, 2.45) is 0 Å². The van der Waals surface area contributed by atoms with E-state index >= 15 is 0 Å². The molecule has 3 aromatic carbocycles. The molecule has 3 atom stereocenters. The fourth-order valence-corrected chi connectivity index (χ4v) is 6.35. The summed E-state index contributed by atoms with van der Waals surface area (Å²) in [4.78, 5) is 47.1. The molecule has 0 saturated carbocycles. The number of hydrogen-bond acceptors (Lipinski definition) is 5. The Labute approximate surface area is 237 Å². The second kappa shape index (κ2) is 10.1. The number of nitrogens with one attached hydrogen (secondary N) is 2. The molecule has 3 unspecified atom stereocenters. The number of nitrogens with zero attached hydrogens (tertiary/aromatic N) is 2. The van der Waals surface area contributed by atoms with E-state index in [4.69, 9.17) is 9.47 Å². The maximum atomic E-state index is 14.1. The maximum absolute atomic E-state index is 14.1. The highest BCUT2D eigenvalue weighted by molar-refractivity contribution is 6.22. The number of rotatable bonds is 6. The van der Waals surface area contributed by atoms with E-state index in [9.17, 15) is 14.4 Å². The number of benzene rings is 3. The summed E-state index contributed by atoms with van der Waals surface area (Å²) in [5.41, 5.74) is 4.65. The number of urea groups is 1. The number of hydrogen-bond donors (Lipinski definition) is 2. The van der Waals surface area contributed by atoms with Crippen molar-refractivity contribution in [1.82, 2.24) is 15.2 Å². The number of aromatic amines is 1. The van der Waals surface area contributed by atoms with Gasteiger partial charge in [-0.05, 0) is 66.4 Å². The van der Waals surface area contributed by atoms with E-state index in [0.717, 1.165) is 47.2 Å². The molecule has 2 saturated heterocycles. The zero-order valence-electron chi connectivity index (χ0n) is 22.6. The van der Waals surface area contributed by atoms with Crippen LogP contribution in [0.4, 0.5) is 10.5 Å². The van der Waals surface area contributed by atoms with Crippen LogP contribution in [0.5, 0.6) is 5.75 Å².